The third-order valence-corrected chi connectivity index (χ3v) is 7.02. The Morgan fingerprint density at radius 2 is 1.61 bits per heavy atom. The molecule has 0 spiro atoms. The Morgan fingerprint density at radius 1 is 0.972 bits per heavy atom. The number of urea groups is 1. The maximum Gasteiger partial charge on any atom is 0.333 e. The molecule has 11 heteroatoms. The monoisotopic (exact) mass is 538 g/mol. The fourth-order valence-electron chi connectivity index (χ4n) is 3.94. The van der Waals surface area contributed by atoms with E-state index in [1.165, 1.54) is 51.4 Å². The van der Waals surface area contributed by atoms with E-state index in [-0.39, 0.29) is 12.1 Å². The highest BCUT2D eigenvalue weighted by molar-refractivity contribution is 7.92. The van der Waals surface area contributed by atoms with E-state index >= 15 is 0 Å². The highest BCUT2D eigenvalue weighted by atomic mass is 32.2. The van der Waals surface area contributed by atoms with Crippen molar-refractivity contribution in [2.75, 3.05) is 16.4 Å². The van der Waals surface area contributed by atoms with Crippen molar-refractivity contribution in [3.63, 3.8) is 0 Å². The van der Waals surface area contributed by atoms with Gasteiger partial charge in [0.05, 0.1) is 6.26 Å². The number of unbranched alkanes of at least 4 members (excludes halogenated alkanes) is 8. The van der Waals surface area contributed by atoms with Crippen LogP contribution in [0.4, 0.5) is 15.6 Å². The number of anilines is 2. The van der Waals surface area contributed by atoms with Gasteiger partial charge in [0.25, 0.3) is 0 Å². The van der Waals surface area contributed by atoms with Crippen LogP contribution in [-0.2, 0) is 10.0 Å². The number of aromatic nitrogens is 2. The molecule has 0 aliphatic heterocycles. The maximum atomic E-state index is 12.6. The van der Waals surface area contributed by atoms with Gasteiger partial charge in [0.1, 0.15) is 0 Å². The van der Waals surface area contributed by atoms with Crippen LogP contribution in [0.1, 0.15) is 90.9 Å². The molecule has 1 atom stereocenters. The highest BCUT2D eigenvalue weighted by Gasteiger charge is 2.13. The van der Waals surface area contributed by atoms with Gasteiger partial charge in [0, 0.05) is 28.8 Å². The van der Waals surface area contributed by atoms with Crippen molar-refractivity contribution in [2.24, 2.45) is 0 Å². The number of amides is 2. The first-order valence-corrected chi connectivity index (χ1v) is 15.7. The SMILES string of the molecule is CCCCCCCCC(CCCCCC)NC(=O)NNc1nc(-c2cccc(NS(C)(=O)=O)c2)ns1. The molecule has 202 valence electrons. The number of hydrogen-bond acceptors (Lipinski definition) is 7. The zero-order chi connectivity index (χ0) is 26.2. The van der Waals surface area contributed by atoms with E-state index in [0.717, 1.165) is 43.5 Å². The second-order valence-corrected chi connectivity index (χ2v) is 11.7. The van der Waals surface area contributed by atoms with Crippen molar-refractivity contribution in [3.8, 4) is 11.4 Å². The molecule has 1 aromatic heterocycles. The van der Waals surface area contributed by atoms with Crippen LogP contribution in [0, 0.1) is 0 Å². The Kier molecular flexibility index (Phi) is 13.6. The minimum absolute atomic E-state index is 0.157. The van der Waals surface area contributed by atoms with Crippen molar-refractivity contribution < 1.29 is 13.2 Å². The van der Waals surface area contributed by atoms with E-state index in [2.05, 4.69) is 44.1 Å². The first-order chi connectivity index (χ1) is 17.3. The van der Waals surface area contributed by atoms with Gasteiger partial charge in [0.2, 0.25) is 15.2 Å². The van der Waals surface area contributed by atoms with Crippen molar-refractivity contribution in [1.82, 2.24) is 20.1 Å². The van der Waals surface area contributed by atoms with E-state index in [1.54, 1.807) is 24.3 Å². The van der Waals surface area contributed by atoms with Gasteiger partial charge in [0.15, 0.2) is 5.82 Å². The number of hydrogen-bond donors (Lipinski definition) is 4. The molecule has 9 nitrogen and oxygen atoms in total. The molecule has 0 aliphatic carbocycles. The molecule has 36 heavy (non-hydrogen) atoms. The summed E-state index contributed by atoms with van der Waals surface area (Å²) in [5, 5.41) is 3.55. The van der Waals surface area contributed by atoms with E-state index in [4.69, 9.17) is 0 Å². The number of rotatable bonds is 18. The van der Waals surface area contributed by atoms with Crippen LogP contribution in [0.3, 0.4) is 0 Å². The summed E-state index contributed by atoms with van der Waals surface area (Å²) in [6.45, 7) is 4.43. The molecule has 0 saturated heterocycles. The summed E-state index contributed by atoms with van der Waals surface area (Å²) < 4.78 is 29.7. The summed E-state index contributed by atoms with van der Waals surface area (Å²) in [4.78, 5) is 17.0. The van der Waals surface area contributed by atoms with E-state index in [1.807, 2.05) is 0 Å². The van der Waals surface area contributed by atoms with Crippen molar-refractivity contribution in [1.29, 1.82) is 0 Å². The molecule has 2 amide bonds. The molecule has 2 rings (SSSR count). The summed E-state index contributed by atoms with van der Waals surface area (Å²) in [5.41, 5.74) is 6.61. The summed E-state index contributed by atoms with van der Waals surface area (Å²) >= 11 is 1.11. The number of carbonyl (C=O) groups excluding carboxylic acids is 1. The Hall–Kier alpha value is -2.40. The van der Waals surface area contributed by atoms with E-state index < -0.39 is 10.0 Å². The second kappa shape index (κ2) is 16.4. The Bertz CT molecular complexity index is 1010. The first kappa shape index (κ1) is 29.8. The largest absolute Gasteiger partial charge is 0.334 e. The van der Waals surface area contributed by atoms with Crippen LogP contribution in [-0.4, -0.2) is 36.1 Å². The molecule has 1 heterocycles. The van der Waals surface area contributed by atoms with Gasteiger partial charge in [-0.3, -0.25) is 10.1 Å². The molecule has 0 saturated carbocycles. The molecule has 2 aromatic rings. The minimum Gasteiger partial charge on any atom is -0.334 e. The maximum absolute atomic E-state index is 12.6. The van der Waals surface area contributed by atoms with E-state index in [9.17, 15) is 13.2 Å². The molecule has 0 bridgehead atoms. The lowest BCUT2D eigenvalue weighted by atomic mass is 10.0. The van der Waals surface area contributed by atoms with Gasteiger partial charge in [-0.25, -0.2) is 18.6 Å². The number of benzene rings is 1. The second-order valence-electron chi connectivity index (χ2n) is 9.20. The lowest BCUT2D eigenvalue weighted by molar-refractivity contribution is 0.236. The number of nitrogens with one attached hydrogen (secondary N) is 4. The van der Waals surface area contributed by atoms with Gasteiger partial charge in [-0.2, -0.15) is 9.36 Å². The third kappa shape index (κ3) is 12.5. The van der Waals surface area contributed by atoms with Gasteiger partial charge < -0.3 is 5.32 Å². The average molecular weight is 539 g/mol. The number of hydrazine groups is 1. The van der Waals surface area contributed by atoms with Crippen LogP contribution >= 0.6 is 11.5 Å². The minimum atomic E-state index is -3.37. The van der Waals surface area contributed by atoms with E-state index in [0.29, 0.717) is 22.2 Å². The molecular formula is C25H42N6O3S2. The predicted molar refractivity (Wildman–Crippen MR) is 150 cm³/mol. The van der Waals surface area contributed by atoms with Crippen LogP contribution in [0.25, 0.3) is 11.4 Å². The highest BCUT2D eigenvalue weighted by Crippen LogP contribution is 2.23. The quantitative estimate of drug-likeness (QED) is 0.130. The zero-order valence-electron chi connectivity index (χ0n) is 21.8. The summed E-state index contributed by atoms with van der Waals surface area (Å²) in [7, 11) is -3.37. The Balaban J connectivity index is 1.85. The molecule has 1 aromatic carbocycles. The standard InChI is InChI=1S/C25H42N6O3S2/c1-4-6-8-10-11-13-17-21(16-12-9-7-5-2)26-24(32)28-29-25-27-23(30-35-25)20-15-14-18-22(19-20)31-36(3,33)34/h14-15,18-19,21,31H,4-13,16-17H2,1-3H3,(H2,26,28,32)(H,27,29,30). The van der Waals surface area contributed by atoms with Crippen molar-refractivity contribution in [2.45, 2.75) is 96.9 Å². The first-order valence-electron chi connectivity index (χ1n) is 13.0. The topological polar surface area (TPSA) is 125 Å². The average Bonchev–Trinajstić information content (AvgIpc) is 3.31. The summed E-state index contributed by atoms with van der Waals surface area (Å²) in [6.07, 6.45) is 15.2. The Labute approximate surface area is 220 Å². The van der Waals surface area contributed by atoms with Crippen LogP contribution in [0.5, 0.6) is 0 Å². The third-order valence-electron chi connectivity index (χ3n) is 5.78. The van der Waals surface area contributed by atoms with Crippen LogP contribution < -0.4 is 20.9 Å². The fourth-order valence-corrected chi connectivity index (χ4v) is 5.03. The molecule has 0 fully saturated rings. The summed E-state index contributed by atoms with van der Waals surface area (Å²) in [5.74, 6) is 0.443. The van der Waals surface area contributed by atoms with Gasteiger partial charge in [-0.05, 0) is 25.0 Å². The fraction of sp³-hybridized carbons (Fsp3) is 0.640. The molecule has 0 aliphatic rings. The van der Waals surface area contributed by atoms with Gasteiger partial charge >= 0.3 is 6.03 Å². The lowest BCUT2D eigenvalue weighted by Crippen LogP contribution is -2.44. The molecular weight excluding hydrogens is 496 g/mol. The van der Waals surface area contributed by atoms with Gasteiger partial charge in [-0.15, -0.1) is 0 Å². The Morgan fingerprint density at radius 3 is 2.28 bits per heavy atom. The number of carbonyl (C=O) groups is 1. The number of nitrogens with zero attached hydrogens (tertiary/aromatic N) is 2. The van der Waals surface area contributed by atoms with Crippen molar-refractivity contribution >= 4 is 38.4 Å². The lowest BCUT2D eigenvalue weighted by Gasteiger charge is -2.19. The molecule has 0 radical (unpaired) electrons. The van der Waals surface area contributed by atoms with Gasteiger partial charge in [-0.1, -0.05) is 90.2 Å². The predicted octanol–water partition coefficient (Wildman–Crippen LogP) is 6.29. The van der Waals surface area contributed by atoms with Crippen molar-refractivity contribution in [3.05, 3.63) is 24.3 Å². The smallest absolute Gasteiger partial charge is 0.333 e. The zero-order valence-corrected chi connectivity index (χ0v) is 23.4. The van der Waals surface area contributed by atoms with Crippen LogP contribution in [0.15, 0.2) is 24.3 Å². The summed E-state index contributed by atoms with van der Waals surface area (Å²) in [6, 6.07) is 6.73. The van der Waals surface area contributed by atoms with Crippen LogP contribution in [0.2, 0.25) is 0 Å². The number of sulfonamides is 1. The molecule has 1 unspecified atom stereocenters. The molecule has 4 N–H and O–H groups in total. The normalized spacial score (nSPS) is 12.2.